The van der Waals surface area contributed by atoms with Gasteiger partial charge in [-0.3, -0.25) is 4.79 Å². The maximum Gasteiger partial charge on any atom is 0.336 e. The minimum atomic E-state index is -1.08. The van der Waals surface area contributed by atoms with E-state index in [1.165, 1.54) is 6.07 Å². The lowest BCUT2D eigenvalue weighted by Crippen LogP contribution is -2.11. The Morgan fingerprint density at radius 3 is 2.09 bits per heavy atom. The van der Waals surface area contributed by atoms with Gasteiger partial charge in [-0.1, -0.05) is 62.2 Å². The first kappa shape index (κ1) is 16.0. The van der Waals surface area contributed by atoms with Crippen molar-refractivity contribution in [2.24, 2.45) is 0 Å². The average Bonchev–Trinajstić information content (AvgIpc) is 2.55. The van der Waals surface area contributed by atoms with Crippen molar-refractivity contribution in [3.63, 3.8) is 0 Å². The van der Waals surface area contributed by atoms with Crippen molar-refractivity contribution in [3.05, 3.63) is 70.8 Å². The minimum Gasteiger partial charge on any atom is -0.478 e. The Kier molecular flexibility index (Phi) is 5.48. The van der Waals surface area contributed by atoms with E-state index >= 15 is 0 Å². The van der Waals surface area contributed by atoms with Crippen LogP contribution in [0.2, 0.25) is 0 Å². The summed E-state index contributed by atoms with van der Waals surface area (Å²) in [6.45, 7) is 2.14. The largest absolute Gasteiger partial charge is 0.478 e. The van der Waals surface area contributed by atoms with E-state index in [2.05, 4.69) is 6.92 Å². The smallest absolute Gasteiger partial charge is 0.336 e. The second-order valence-electron chi connectivity index (χ2n) is 5.29. The number of ketones is 1. The number of carboxylic acids is 1. The number of benzene rings is 2. The number of rotatable bonds is 7. The molecule has 0 atom stereocenters. The summed E-state index contributed by atoms with van der Waals surface area (Å²) >= 11 is 0. The van der Waals surface area contributed by atoms with Gasteiger partial charge in [0.25, 0.3) is 0 Å². The third-order valence-electron chi connectivity index (χ3n) is 3.71. The molecule has 2 aromatic rings. The van der Waals surface area contributed by atoms with Gasteiger partial charge in [-0.25, -0.2) is 4.79 Å². The summed E-state index contributed by atoms with van der Waals surface area (Å²) in [5, 5.41) is 9.25. The van der Waals surface area contributed by atoms with E-state index in [9.17, 15) is 14.7 Å². The van der Waals surface area contributed by atoms with Gasteiger partial charge in [0.15, 0.2) is 5.78 Å². The van der Waals surface area contributed by atoms with Crippen molar-refractivity contribution in [2.75, 3.05) is 0 Å². The highest BCUT2D eigenvalue weighted by atomic mass is 16.4. The Labute approximate surface area is 130 Å². The number of aryl methyl sites for hydroxylation is 1. The zero-order valence-corrected chi connectivity index (χ0v) is 12.7. The Bertz CT molecular complexity index is 674. The number of hydrogen-bond acceptors (Lipinski definition) is 2. The number of unbranched alkanes of at least 4 members (excludes halogenated alkanes) is 2. The fourth-order valence-electron chi connectivity index (χ4n) is 2.54. The normalized spacial score (nSPS) is 10.4. The molecule has 0 aromatic heterocycles. The van der Waals surface area contributed by atoms with Gasteiger partial charge in [0.1, 0.15) is 0 Å². The highest BCUT2D eigenvalue weighted by Crippen LogP contribution is 2.19. The van der Waals surface area contributed by atoms with Crippen LogP contribution in [-0.4, -0.2) is 16.9 Å². The predicted octanol–water partition coefficient (Wildman–Crippen LogP) is 4.35. The molecule has 0 amide bonds. The van der Waals surface area contributed by atoms with Crippen molar-refractivity contribution in [1.82, 2.24) is 0 Å². The van der Waals surface area contributed by atoms with Gasteiger partial charge < -0.3 is 5.11 Å². The van der Waals surface area contributed by atoms with Crippen LogP contribution in [0.1, 0.15) is 58.0 Å². The summed E-state index contributed by atoms with van der Waals surface area (Å²) in [5.41, 5.74) is 1.89. The molecule has 0 unspecified atom stereocenters. The average molecular weight is 296 g/mol. The van der Waals surface area contributed by atoms with E-state index in [0.717, 1.165) is 31.2 Å². The van der Waals surface area contributed by atoms with Crippen molar-refractivity contribution in [2.45, 2.75) is 32.6 Å². The van der Waals surface area contributed by atoms with Crippen molar-refractivity contribution >= 4 is 11.8 Å². The quantitative estimate of drug-likeness (QED) is 0.610. The summed E-state index contributed by atoms with van der Waals surface area (Å²) in [6.07, 6.45) is 4.11. The molecule has 0 saturated heterocycles. The van der Waals surface area contributed by atoms with E-state index < -0.39 is 5.97 Å². The molecule has 0 fully saturated rings. The molecule has 3 heteroatoms. The highest BCUT2D eigenvalue weighted by Gasteiger charge is 2.19. The molecular formula is C19H20O3. The van der Waals surface area contributed by atoms with Crippen LogP contribution in [-0.2, 0) is 6.42 Å². The van der Waals surface area contributed by atoms with Gasteiger partial charge in [0, 0.05) is 11.1 Å². The molecule has 0 radical (unpaired) electrons. The van der Waals surface area contributed by atoms with Gasteiger partial charge in [-0.2, -0.15) is 0 Å². The van der Waals surface area contributed by atoms with Gasteiger partial charge in [-0.05, 0) is 24.5 Å². The molecule has 0 bridgehead atoms. The first-order valence-corrected chi connectivity index (χ1v) is 7.60. The molecule has 22 heavy (non-hydrogen) atoms. The number of carboxylic acid groups (broad SMARTS) is 1. The van der Waals surface area contributed by atoms with E-state index in [4.69, 9.17) is 0 Å². The van der Waals surface area contributed by atoms with Crippen LogP contribution in [0.3, 0.4) is 0 Å². The number of hydrogen-bond donors (Lipinski definition) is 1. The molecular weight excluding hydrogens is 276 g/mol. The Morgan fingerprint density at radius 2 is 1.45 bits per heavy atom. The summed E-state index contributed by atoms with van der Waals surface area (Å²) in [7, 11) is 0. The fraction of sp³-hybridized carbons (Fsp3) is 0.263. The maximum atomic E-state index is 12.8. The van der Waals surface area contributed by atoms with E-state index in [1.807, 2.05) is 18.2 Å². The van der Waals surface area contributed by atoms with E-state index in [-0.39, 0.29) is 16.9 Å². The van der Waals surface area contributed by atoms with Crippen LogP contribution < -0.4 is 0 Å². The summed E-state index contributed by atoms with van der Waals surface area (Å²) < 4.78 is 0. The molecule has 114 valence electrons. The Morgan fingerprint density at radius 1 is 0.864 bits per heavy atom. The molecule has 0 saturated carbocycles. The number of aromatic carboxylic acids is 1. The maximum absolute atomic E-state index is 12.8. The van der Waals surface area contributed by atoms with Gasteiger partial charge >= 0.3 is 5.97 Å². The summed E-state index contributed by atoms with van der Waals surface area (Å²) in [6, 6.07) is 13.8. The zero-order chi connectivity index (χ0) is 15.9. The molecule has 0 aliphatic carbocycles. The topological polar surface area (TPSA) is 54.4 Å². The Balaban J connectivity index is 2.36. The third kappa shape index (κ3) is 3.61. The van der Waals surface area contributed by atoms with Crippen molar-refractivity contribution in [3.8, 4) is 0 Å². The number of carbonyl (C=O) groups excluding carboxylic acids is 1. The van der Waals surface area contributed by atoms with Crippen LogP contribution >= 0.6 is 0 Å². The van der Waals surface area contributed by atoms with Crippen LogP contribution in [0.5, 0.6) is 0 Å². The lowest BCUT2D eigenvalue weighted by molar-refractivity contribution is 0.0693. The van der Waals surface area contributed by atoms with E-state index in [0.29, 0.717) is 5.56 Å². The summed E-state index contributed by atoms with van der Waals surface area (Å²) in [5.74, 6) is -1.29. The molecule has 0 heterocycles. The summed E-state index contributed by atoms with van der Waals surface area (Å²) in [4.78, 5) is 24.1. The number of carbonyl (C=O) groups is 2. The first-order chi connectivity index (χ1) is 10.6. The predicted molar refractivity (Wildman–Crippen MR) is 86.5 cm³/mol. The standard InChI is InChI=1S/C19H20O3/c1-2-3-4-9-14-10-5-6-11-15(14)18(20)16-12-7-8-13-17(16)19(21)22/h5-8,10-13H,2-4,9H2,1H3,(H,21,22). The van der Waals surface area contributed by atoms with Crippen LogP contribution in [0.15, 0.2) is 48.5 Å². The molecule has 3 nitrogen and oxygen atoms in total. The van der Waals surface area contributed by atoms with Gasteiger partial charge in [0.05, 0.1) is 5.56 Å². The van der Waals surface area contributed by atoms with Crippen molar-refractivity contribution in [1.29, 1.82) is 0 Å². The van der Waals surface area contributed by atoms with Crippen LogP contribution in [0.4, 0.5) is 0 Å². The highest BCUT2D eigenvalue weighted by molar-refractivity contribution is 6.14. The van der Waals surface area contributed by atoms with Crippen molar-refractivity contribution < 1.29 is 14.7 Å². The zero-order valence-electron chi connectivity index (χ0n) is 12.7. The SMILES string of the molecule is CCCCCc1ccccc1C(=O)c1ccccc1C(=O)O. The second-order valence-corrected chi connectivity index (χ2v) is 5.29. The Hall–Kier alpha value is -2.42. The minimum absolute atomic E-state index is 0.0517. The van der Waals surface area contributed by atoms with E-state index in [1.54, 1.807) is 24.3 Å². The monoisotopic (exact) mass is 296 g/mol. The fourth-order valence-corrected chi connectivity index (χ4v) is 2.54. The molecule has 0 aliphatic rings. The molecule has 0 aliphatic heterocycles. The molecule has 2 rings (SSSR count). The van der Waals surface area contributed by atoms with Crippen LogP contribution in [0.25, 0.3) is 0 Å². The first-order valence-electron chi connectivity index (χ1n) is 7.60. The molecule has 1 N–H and O–H groups in total. The molecule has 2 aromatic carbocycles. The lowest BCUT2D eigenvalue weighted by Gasteiger charge is -2.10. The van der Waals surface area contributed by atoms with Crippen LogP contribution in [0, 0.1) is 0 Å². The molecule has 0 spiro atoms. The lowest BCUT2D eigenvalue weighted by atomic mass is 9.93. The second kappa shape index (κ2) is 7.55. The van der Waals surface area contributed by atoms with Gasteiger partial charge in [0.2, 0.25) is 0 Å². The third-order valence-corrected chi connectivity index (χ3v) is 3.71. The van der Waals surface area contributed by atoms with Gasteiger partial charge in [-0.15, -0.1) is 0 Å².